The molecule has 2 rings (SSSR count). The predicted molar refractivity (Wildman–Crippen MR) is 73.4 cm³/mol. The molecule has 0 amide bonds. The molecule has 5 nitrogen and oxygen atoms in total. The summed E-state index contributed by atoms with van der Waals surface area (Å²) in [6.45, 7) is 3.83. The number of nitrogens with zero attached hydrogens (tertiary/aromatic N) is 2. The topological polar surface area (TPSA) is 60.7 Å². The number of pyridine rings is 1. The molecular weight excluding hydrogens is 264 g/mol. The van der Waals surface area contributed by atoms with E-state index in [4.69, 9.17) is 4.18 Å². The molecule has 0 spiro atoms. The first-order chi connectivity index (χ1) is 9.03. The molecule has 104 valence electrons. The highest BCUT2D eigenvalue weighted by atomic mass is 32.2. The summed E-state index contributed by atoms with van der Waals surface area (Å²) in [5.41, 5.74) is 2.36. The van der Waals surface area contributed by atoms with Gasteiger partial charge in [0.2, 0.25) is 0 Å². The van der Waals surface area contributed by atoms with Crippen molar-refractivity contribution in [2.24, 2.45) is 0 Å². The zero-order chi connectivity index (χ0) is 13.9. The summed E-state index contributed by atoms with van der Waals surface area (Å²) in [5, 5.41) is 0. The number of aryl methyl sites for hydroxylation is 1. The third kappa shape index (κ3) is 3.33. The fourth-order valence-electron chi connectivity index (χ4n) is 1.86. The minimum Gasteiger partial charge on any atom is -0.301 e. The van der Waals surface area contributed by atoms with Crippen LogP contribution in [0, 0.1) is 6.92 Å². The van der Waals surface area contributed by atoms with E-state index < -0.39 is 10.1 Å². The van der Waals surface area contributed by atoms with Gasteiger partial charge in [-0.15, -0.1) is 0 Å². The van der Waals surface area contributed by atoms with Gasteiger partial charge in [0.25, 0.3) is 10.1 Å². The number of fused-ring (bicyclic) bond motifs is 1. The Kier molecular flexibility index (Phi) is 4.21. The van der Waals surface area contributed by atoms with Crippen molar-refractivity contribution in [3.8, 4) is 0 Å². The Balaban J connectivity index is 2.16. The largest absolute Gasteiger partial charge is 0.301 e. The highest BCUT2D eigenvalue weighted by Gasteiger charge is 2.14. The Morgan fingerprint density at radius 1 is 1.37 bits per heavy atom. The second-order valence-electron chi connectivity index (χ2n) is 4.45. The summed E-state index contributed by atoms with van der Waals surface area (Å²) in [6, 6.07) is 5.65. The first-order valence-electron chi connectivity index (χ1n) is 6.33. The zero-order valence-electron chi connectivity index (χ0n) is 11.2. The maximum Gasteiger partial charge on any atom is 0.267 e. The van der Waals surface area contributed by atoms with E-state index in [2.05, 4.69) is 4.98 Å². The number of hydrogen-bond acceptors (Lipinski definition) is 4. The van der Waals surface area contributed by atoms with Crippen LogP contribution in [0.25, 0.3) is 5.65 Å². The van der Waals surface area contributed by atoms with Crippen LogP contribution in [0.15, 0.2) is 24.4 Å². The van der Waals surface area contributed by atoms with E-state index in [-0.39, 0.29) is 12.4 Å². The highest BCUT2D eigenvalue weighted by Crippen LogP contribution is 2.14. The molecule has 2 aromatic rings. The van der Waals surface area contributed by atoms with Crippen molar-refractivity contribution in [1.29, 1.82) is 0 Å². The number of imidazole rings is 1. The van der Waals surface area contributed by atoms with Gasteiger partial charge in [-0.2, -0.15) is 8.42 Å². The smallest absolute Gasteiger partial charge is 0.267 e. The third-order valence-corrected chi connectivity index (χ3v) is 4.22. The van der Waals surface area contributed by atoms with Gasteiger partial charge in [0.15, 0.2) is 0 Å². The minimum atomic E-state index is -3.45. The SMILES string of the molecule is CCCCS(=O)(=O)OCc1c(C)nc2ccccn12. The quantitative estimate of drug-likeness (QED) is 0.763. The van der Waals surface area contributed by atoms with Gasteiger partial charge < -0.3 is 4.40 Å². The molecule has 2 aromatic heterocycles. The lowest BCUT2D eigenvalue weighted by atomic mass is 10.3. The van der Waals surface area contributed by atoms with Crippen molar-refractivity contribution in [1.82, 2.24) is 9.38 Å². The van der Waals surface area contributed by atoms with Crippen LogP contribution in [0.5, 0.6) is 0 Å². The molecular formula is C13H18N2O3S. The van der Waals surface area contributed by atoms with Crippen molar-refractivity contribution < 1.29 is 12.6 Å². The minimum absolute atomic E-state index is 0.0308. The van der Waals surface area contributed by atoms with Crippen LogP contribution < -0.4 is 0 Å². The van der Waals surface area contributed by atoms with Crippen LogP contribution in [0.3, 0.4) is 0 Å². The highest BCUT2D eigenvalue weighted by molar-refractivity contribution is 7.86. The molecule has 0 aliphatic carbocycles. The number of aromatic nitrogens is 2. The number of hydrogen-bond donors (Lipinski definition) is 0. The first-order valence-corrected chi connectivity index (χ1v) is 7.91. The first kappa shape index (κ1) is 14.0. The molecule has 0 saturated carbocycles. The lowest BCUT2D eigenvalue weighted by Gasteiger charge is -2.05. The molecule has 0 aliphatic heterocycles. The molecule has 0 aromatic carbocycles. The number of rotatable bonds is 6. The monoisotopic (exact) mass is 282 g/mol. The van der Waals surface area contributed by atoms with Gasteiger partial charge >= 0.3 is 0 Å². The van der Waals surface area contributed by atoms with Crippen LogP contribution in [0.2, 0.25) is 0 Å². The second kappa shape index (κ2) is 5.71. The van der Waals surface area contributed by atoms with E-state index in [1.807, 2.05) is 42.6 Å². The maximum absolute atomic E-state index is 11.7. The Hall–Kier alpha value is -1.40. The molecule has 2 heterocycles. The summed E-state index contributed by atoms with van der Waals surface area (Å²) in [6.07, 6.45) is 3.30. The van der Waals surface area contributed by atoms with E-state index in [1.54, 1.807) is 0 Å². The van der Waals surface area contributed by atoms with Crippen LogP contribution in [0.1, 0.15) is 31.2 Å². The maximum atomic E-state index is 11.7. The molecule has 0 bridgehead atoms. The molecule has 0 fully saturated rings. The predicted octanol–water partition coefficient (Wildman–Crippen LogP) is 2.29. The standard InChI is InChI=1S/C13H18N2O3S/c1-3-4-9-19(16,17)18-10-12-11(2)14-13-7-5-6-8-15(12)13/h5-8H,3-4,9-10H2,1-2H3. The lowest BCUT2D eigenvalue weighted by Crippen LogP contribution is -2.11. The molecule has 0 radical (unpaired) electrons. The summed E-state index contributed by atoms with van der Waals surface area (Å²) in [5.74, 6) is 0.0687. The summed E-state index contributed by atoms with van der Waals surface area (Å²) in [7, 11) is -3.45. The van der Waals surface area contributed by atoms with E-state index >= 15 is 0 Å². The van der Waals surface area contributed by atoms with E-state index in [9.17, 15) is 8.42 Å². The Bertz CT molecular complexity index is 662. The van der Waals surface area contributed by atoms with Crippen LogP contribution in [0.4, 0.5) is 0 Å². The van der Waals surface area contributed by atoms with Crippen molar-refractivity contribution >= 4 is 15.8 Å². The molecule has 19 heavy (non-hydrogen) atoms. The third-order valence-electron chi connectivity index (χ3n) is 2.95. The van der Waals surface area contributed by atoms with Crippen molar-refractivity contribution in [2.75, 3.05) is 5.75 Å². The van der Waals surface area contributed by atoms with Gasteiger partial charge in [-0.05, 0) is 25.5 Å². The Morgan fingerprint density at radius 2 is 2.16 bits per heavy atom. The Labute approximate surface area is 113 Å². The Morgan fingerprint density at radius 3 is 2.89 bits per heavy atom. The van der Waals surface area contributed by atoms with Crippen LogP contribution >= 0.6 is 0 Å². The van der Waals surface area contributed by atoms with Gasteiger partial charge in [0.1, 0.15) is 12.3 Å². The van der Waals surface area contributed by atoms with Gasteiger partial charge in [-0.3, -0.25) is 4.18 Å². The van der Waals surface area contributed by atoms with E-state index in [0.717, 1.165) is 23.5 Å². The van der Waals surface area contributed by atoms with Gasteiger partial charge in [0, 0.05) is 6.20 Å². The average Bonchev–Trinajstić information content (AvgIpc) is 2.70. The number of unbranched alkanes of at least 4 members (excludes halogenated alkanes) is 1. The lowest BCUT2D eigenvalue weighted by molar-refractivity contribution is 0.301. The molecule has 0 N–H and O–H groups in total. The van der Waals surface area contributed by atoms with Crippen molar-refractivity contribution in [3.63, 3.8) is 0 Å². The second-order valence-corrected chi connectivity index (χ2v) is 6.21. The summed E-state index contributed by atoms with van der Waals surface area (Å²) in [4.78, 5) is 4.36. The van der Waals surface area contributed by atoms with Crippen molar-refractivity contribution in [2.45, 2.75) is 33.3 Å². The summed E-state index contributed by atoms with van der Waals surface area (Å²) < 4.78 is 30.3. The molecule has 0 saturated heterocycles. The van der Waals surface area contributed by atoms with Crippen LogP contribution in [-0.4, -0.2) is 23.6 Å². The molecule has 0 atom stereocenters. The molecule has 0 aliphatic rings. The molecule has 6 heteroatoms. The fraction of sp³-hybridized carbons (Fsp3) is 0.462. The zero-order valence-corrected chi connectivity index (χ0v) is 12.0. The normalized spacial score (nSPS) is 12.1. The average molecular weight is 282 g/mol. The van der Waals surface area contributed by atoms with Crippen LogP contribution in [-0.2, 0) is 20.9 Å². The van der Waals surface area contributed by atoms with Gasteiger partial charge in [-0.25, -0.2) is 4.98 Å². The fourth-order valence-corrected chi connectivity index (χ4v) is 2.91. The van der Waals surface area contributed by atoms with Crippen molar-refractivity contribution in [3.05, 3.63) is 35.8 Å². The van der Waals surface area contributed by atoms with E-state index in [1.165, 1.54) is 0 Å². The van der Waals surface area contributed by atoms with E-state index in [0.29, 0.717) is 6.42 Å². The van der Waals surface area contributed by atoms with Gasteiger partial charge in [0.05, 0.1) is 17.1 Å². The summed E-state index contributed by atoms with van der Waals surface area (Å²) >= 11 is 0. The van der Waals surface area contributed by atoms with Gasteiger partial charge in [-0.1, -0.05) is 19.4 Å². The molecule has 0 unspecified atom stereocenters.